The number of benzene rings is 1. The van der Waals surface area contributed by atoms with Crippen molar-refractivity contribution in [2.24, 2.45) is 0 Å². The first-order valence-electron chi connectivity index (χ1n) is 6.31. The van der Waals surface area contributed by atoms with E-state index in [-0.39, 0.29) is 0 Å². The fourth-order valence-electron chi connectivity index (χ4n) is 2.64. The van der Waals surface area contributed by atoms with Crippen molar-refractivity contribution in [1.29, 1.82) is 0 Å². The van der Waals surface area contributed by atoms with E-state index < -0.39 is 5.60 Å². The first kappa shape index (κ1) is 10.3. The summed E-state index contributed by atoms with van der Waals surface area (Å²) < 4.78 is 0. The number of rotatable bonds is 2. The lowest BCUT2D eigenvalue weighted by Gasteiger charge is -2.23. The number of nitrogens with one attached hydrogen (secondary N) is 1. The summed E-state index contributed by atoms with van der Waals surface area (Å²) in [5, 5.41) is 13.5. The maximum absolute atomic E-state index is 10.1. The van der Waals surface area contributed by atoms with E-state index in [4.69, 9.17) is 0 Å². The van der Waals surface area contributed by atoms with Crippen LogP contribution in [0.25, 0.3) is 0 Å². The summed E-state index contributed by atoms with van der Waals surface area (Å²) >= 11 is 0. The van der Waals surface area contributed by atoms with Gasteiger partial charge in [0.1, 0.15) is 0 Å². The van der Waals surface area contributed by atoms with Gasteiger partial charge in [0.05, 0.1) is 5.60 Å². The fourth-order valence-corrected chi connectivity index (χ4v) is 2.64. The Morgan fingerprint density at radius 1 is 1.19 bits per heavy atom. The van der Waals surface area contributed by atoms with Crippen LogP contribution >= 0.6 is 0 Å². The molecule has 1 saturated carbocycles. The summed E-state index contributed by atoms with van der Waals surface area (Å²) in [4.78, 5) is 0. The molecule has 16 heavy (non-hydrogen) atoms. The minimum atomic E-state index is -0.483. The van der Waals surface area contributed by atoms with Crippen molar-refractivity contribution in [3.63, 3.8) is 0 Å². The molecule has 86 valence electrons. The molecule has 1 aromatic carbocycles. The molecule has 1 heterocycles. The van der Waals surface area contributed by atoms with Crippen LogP contribution in [0.5, 0.6) is 0 Å². The average molecular weight is 217 g/mol. The van der Waals surface area contributed by atoms with Gasteiger partial charge in [-0.05, 0) is 55.8 Å². The van der Waals surface area contributed by atoms with Gasteiger partial charge in [-0.2, -0.15) is 0 Å². The third-order valence-corrected chi connectivity index (χ3v) is 3.96. The zero-order valence-corrected chi connectivity index (χ0v) is 9.58. The molecule has 2 N–H and O–H groups in total. The van der Waals surface area contributed by atoms with Gasteiger partial charge in [-0.25, -0.2) is 0 Å². The van der Waals surface area contributed by atoms with E-state index in [1.165, 1.54) is 18.4 Å². The molecular weight excluding hydrogens is 198 g/mol. The van der Waals surface area contributed by atoms with E-state index in [1.807, 2.05) is 0 Å². The number of hydrogen-bond acceptors (Lipinski definition) is 2. The summed E-state index contributed by atoms with van der Waals surface area (Å²) in [5.74, 6) is 0.684. The molecule has 1 saturated heterocycles. The Kier molecular flexibility index (Phi) is 2.49. The molecule has 2 heteroatoms. The third kappa shape index (κ3) is 1.87. The number of aliphatic hydroxyl groups is 1. The largest absolute Gasteiger partial charge is 0.385 e. The van der Waals surface area contributed by atoms with Gasteiger partial charge in [0.25, 0.3) is 0 Å². The Bertz CT molecular complexity index is 378. The second-order valence-corrected chi connectivity index (χ2v) is 5.18. The monoisotopic (exact) mass is 217 g/mol. The SMILES string of the molecule is OC1(c2cccc(C3CCNCC3)c2)CC1. The van der Waals surface area contributed by atoms with Gasteiger partial charge in [0.2, 0.25) is 0 Å². The Morgan fingerprint density at radius 2 is 1.94 bits per heavy atom. The predicted octanol–water partition coefficient (Wildman–Crippen LogP) is 2.13. The summed E-state index contributed by atoms with van der Waals surface area (Å²) in [7, 11) is 0. The van der Waals surface area contributed by atoms with Crippen LogP contribution in [0.4, 0.5) is 0 Å². The van der Waals surface area contributed by atoms with Crippen molar-refractivity contribution in [1.82, 2.24) is 5.32 Å². The highest BCUT2D eigenvalue weighted by molar-refractivity contribution is 5.33. The molecule has 2 fully saturated rings. The van der Waals surface area contributed by atoms with Gasteiger partial charge in [0, 0.05) is 0 Å². The number of piperidine rings is 1. The Labute approximate surface area is 96.7 Å². The van der Waals surface area contributed by atoms with Crippen LogP contribution in [0, 0.1) is 0 Å². The highest BCUT2D eigenvalue weighted by atomic mass is 16.3. The Hall–Kier alpha value is -0.860. The van der Waals surface area contributed by atoms with Crippen LogP contribution in [-0.4, -0.2) is 18.2 Å². The van der Waals surface area contributed by atoms with E-state index in [1.54, 1.807) is 0 Å². The van der Waals surface area contributed by atoms with Crippen molar-refractivity contribution < 1.29 is 5.11 Å². The minimum Gasteiger partial charge on any atom is -0.385 e. The lowest BCUT2D eigenvalue weighted by molar-refractivity contribution is 0.151. The van der Waals surface area contributed by atoms with Gasteiger partial charge < -0.3 is 10.4 Å². The fraction of sp³-hybridized carbons (Fsp3) is 0.571. The van der Waals surface area contributed by atoms with Gasteiger partial charge in [0.15, 0.2) is 0 Å². The van der Waals surface area contributed by atoms with E-state index in [0.29, 0.717) is 5.92 Å². The van der Waals surface area contributed by atoms with E-state index in [0.717, 1.165) is 31.5 Å². The van der Waals surface area contributed by atoms with Crippen molar-refractivity contribution in [3.8, 4) is 0 Å². The van der Waals surface area contributed by atoms with Crippen molar-refractivity contribution >= 4 is 0 Å². The molecule has 0 spiro atoms. The molecule has 1 aliphatic carbocycles. The summed E-state index contributed by atoms with van der Waals surface area (Å²) in [6, 6.07) is 8.61. The molecule has 2 aliphatic rings. The quantitative estimate of drug-likeness (QED) is 0.795. The van der Waals surface area contributed by atoms with Gasteiger partial charge >= 0.3 is 0 Å². The van der Waals surface area contributed by atoms with Crippen LogP contribution in [0.2, 0.25) is 0 Å². The molecular formula is C14H19NO. The second-order valence-electron chi connectivity index (χ2n) is 5.18. The third-order valence-electron chi connectivity index (χ3n) is 3.96. The van der Waals surface area contributed by atoms with Gasteiger partial charge in [-0.15, -0.1) is 0 Å². The molecule has 1 aliphatic heterocycles. The first-order chi connectivity index (χ1) is 7.78. The van der Waals surface area contributed by atoms with Gasteiger partial charge in [-0.1, -0.05) is 24.3 Å². The second kappa shape index (κ2) is 3.86. The predicted molar refractivity (Wildman–Crippen MR) is 64.4 cm³/mol. The lowest BCUT2D eigenvalue weighted by atomic mass is 9.88. The van der Waals surface area contributed by atoms with Crippen LogP contribution in [-0.2, 0) is 5.60 Å². The van der Waals surface area contributed by atoms with E-state index >= 15 is 0 Å². The Morgan fingerprint density at radius 3 is 2.62 bits per heavy atom. The molecule has 0 amide bonds. The number of hydrogen-bond donors (Lipinski definition) is 2. The lowest BCUT2D eigenvalue weighted by Crippen LogP contribution is -2.26. The standard InChI is InChI=1S/C14H19NO/c16-14(6-7-14)13-3-1-2-12(10-13)11-4-8-15-9-5-11/h1-3,10-11,15-16H,4-9H2. The topological polar surface area (TPSA) is 32.3 Å². The highest BCUT2D eigenvalue weighted by Crippen LogP contribution is 2.45. The molecule has 0 aromatic heterocycles. The summed E-state index contributed by atoms with van der Waals surface area (Å²) in [6.07, 6.45) is 4.31. The van der Waals surface area contributed by atoms with Crippen molar-refractivity contribution in [2.45, 2.75) is 37.2 Å². The van der Waals surface area contributed by atoms with E-state index in [2.05, 4.69) is 29.6 Å². The highest BCUT2D eigenvalue weighted by Gasteiger charge is 2.42. The molecule has 1 aromatic rings. The zero-order valence-electron chi connectivity index (χ0n) is 9.58. The molecule has 0 radical (unpaired) electrons. The molecule has 0 unspecified atom stereocenters. The smallest absolute Gasteiger partial charge is 0.0899 e. The van der Waals surface area contributed by atoms with Crippen molar-refractivity contribution in [2.75, 3.05) is 13.1 Å². The summed E-state index contributed by atoms with van der Waals surface area (Å²) in [6.45, 7) is 2.25. The van der Waals surface area contributed by atoms with Crippen LogP contribution in [0.3, 0.4) is 0 Å². The molecule has 3 rings (SSSR count). The minimum absolute atomic E-state index is 0.483. The zero-order chi connectivity index (χ0) is 11.0. The maximum Gasteiger partial charge on any atom is 0.0899 e. The average Bonchev–Trinajstić information content (AvgIpc) is 3.10. The van der Waals surface area contributed by atoms with E-state index in [9.17, 15) is 5.11 Å². The van der Waals surface area contributed by atoms with Crippen molar-refractivity contribution in [3.05, 3.63) is 35.4 Å². The molecule has 2 nitrogen and oxygen atoms in total. The van der Waals surface area contributed by atoms with Crippen LogP contribution < -0.4 is 5.32 Å². The Balaban J connectivity index is 1.84. The van der Waals surface area contributed by atoms with Crippen LogP contribution in [0.15, 0.2) is 24.3 Å². The normalized spacial score (nSPS) is 24.3. The first-order valence-corrected chi connectivity index (χ1v) is 6.31. The maximum atomic E-state index is 10.1. The van der Waals surface area contributed by atoms with Crippen LogP contribution in [0.1, 0.15) is 42.7 Å². The molecule has 0 bridgehead atoms. The van der Waals surface area contributed by atoms with Gasteiger partial charge in [-0.3, -0.25) is 0 Å². The summed E-state index contributed by atoms with van der Waals surface area (Å²) in [5.41, 5.74) is 2.06. The molecule has 0 atom stereocenters.